The summed E-state index contributed by atoms with van der Waals surface area (Å²) in [6.07, 6.45) is 4.12. The molecule has 9 heteroatoms. The number of benzene rings is 2. The summed E-state index contributed by atoms with van der Waals surface area (Å²) < 4.78 is 5.04. The van der Waals surface area contributed by atoms with E-state index >= 15 is 0 Å². The van der Waals surface area contributed by atoms with Crippen molar-refractivity contribution in [3.05, 3.63) is 71.9 Å². The van der Waals surface area contributed by atoms with E-state index in [4.69, 9.17) is 10.5 Å². The van der Waals surface area contributed by atoms with Crippen LogP contribution in [0.2, 0.25) is 0 Å². The number of nitrogens with two attached hydrogens (primary N) is 1. The van der Waals surface area contributed by atoms with Gasteiger partial charge < -0.3 is 26.0 Å². The van der Waals surface area contributed by atoms with E-state index in [1.165, 1.54) is 18.9 Å². The highest BCUT2D eigenvalue weighted by Gasteiger charge is 2.33. The molecule has 2 aromatic carbocycles. The van der Waals surface area contributed by atoms with Crippen LogP contribution in [0.4, 0.5) is 23.1 Å². The third-order valence-corrected chi connectivity index (χ3v) is 5.43. The van der Waals surface area contributed by atoms with Gasteiger partial charge in [-0.3, -0.25) is 9.59 Å². The summed E-state index contributed by atoms with van der Waals surface area (Å²) in [5.74, 6) is -0.000816. The molecule has 0 saturated heterocycles. The zero-order valence-corrected chi connectivity index (χ0v) is 19.0. The fourth-order valence-corrected chi connectivity index (χ4v) is 3.67. The molecule has 1 aliphatic rings. The third kappa shape index (κ3) is 5.87. The molecule has 34 heavy (non-hydrogen) atoms. The highest BCUT2D eigenvalue weighted by molar-refractivity contribution is 5.97. The number of rotatable bonds is 11. The number of nitrogens with zero attached hydrogens (tertiary/aromatic N) is 3. The van der Waals surface area contributed by atoms with Gasteiger partial charge in [-0.1, -0.05) is 36.4 Å². The number of hydrogen-bond donors (Lipinski definition) is 3. The fraction of sp³-hybridized carbons (Fsp3) is 0.280. The zero-order chi connectivity index (χ0) is 23.9. The van der Waals surface area contributed by atoms with Crippen LogP contribution in [0.15, 0.2) is 60.8 Å². The summed E-state index contributed by atoms with van der Waals surface area (Å²) >= 11 is 0. The molecule has 1 heterocycles. The average molecular weight is 461 g/mol. The van der Waals surface area contributed by atoms with E-state index in [0.717, 1.165) is 30.6 Å². The molecule has 4 rings (SSSR count). The second-order valence-electron chi connectivity index (χ2n) is 8.09. The Bertz CT molecular complexity index is 1150. The lowest BCUT2D eigenvalue weighted by molar-refractivity contribution is -0.122. The molecule has 1 aromatic heterocycles. The van der Waals surface area contributed by atoms with Gasteiger partial charge in [0.1, 0.15) is 12.4 Å². The van der Waals surface area contributed by atoms with Gasteiger partial charge in [-0.05, 0) is 43.0 Å². The van der Waals surface area contributed by atoms with Gasteiger partial charge >= 0.3 is 0 Å². The van der Waals surface area contributed by atoms with E-state index in [-0.39, 0.29) is 24.1 Å². The topological polar surface area (TPSA) is 122 Å². The largest absolute Gasteiger partial charge is 0.375 e. The number of ether oxygens (including phenoxy) is 1. The SMILES string of the molecule is COCC(=O)N(c1cccc(Nc2ncc(C(N)=O)c(NCCc3ccccc3)n2)c1)C1CC1. The minimum Gasteiger partial charge on any atom is -0.375 e. The number of amides is 2. The first kappa shape index (κ1) is 23.2. The summed E-state index contributed by atoms with van der Waals surface area (Å²) in [5.41, 5.74) is 8.40. The van der Waals surface area contributed by atoms with Crippen LogP contribution in [0.25, 0.3) is 0 Å². The van der Waals surface area contributed by atoms with Gasteiger partial charge in [0.2, 0.25) is 5.95 Å². The molecular formula is C25H28N6O3. The number of carbonyl (C=O) groups is 2. The second-order valence-corrected chi connectivity index (χ2v) is 8.09. The minimum atomic E-state index is -0.604. The van der Waals surface area contributed by atoms with Crippen molar-refractivity contribution in [1.82, 2.24) is 9.97 Å². The number of methoxy groups -OCH3 is 1. The molecule has 9 nitrogen and oxygen atoms in total. The third-order valence-electron chi connectivity index (χ3n) is 5.43. The molecule has 176 valence electrons. The van der Waals surface area contributed by atoms with Crippen LogP contribution < -0.4 is 21.3 Å². The monoisotopic (exact) mass is 460 g/mol. The molecule has 0 aliphatic heterocycles. The second kappa shape index (κ2) is 10.8. The quantitative estimate of drug-likeness (QED) is 0.402. The summed E-state index contributed by atoms with van der Waals surface area (Å²) in [7, 11) is 1.51. The van der Waals surface area contributed by atoms with E-state index in [0.29, 0.717) is 18.3 Å². The summed E-state index contributed by atoms with van der Waals surface area (Å²) in [6.45, 7) is 0.609. The van der Waals surface area contributed by atoms with Gasteiger partial charge in [-0.25, -0.2) is 4.98 Å². The lowest BCUT2D eigenvalue weighted by Crippen LogP contribution is -2.35. The smallest absolute Gasteiger partial charge is 0.254 e. The maximum Gasteiger partial charge on any atom is 0.254 e. The van der Waals surface area contributed by atoms with Crippen LogP contribution in [0.3, 0.4) is 0 Å². The molecule has 0 unspecified atom stereocenters. The normalized spacial score (nSPS) is 12.7. The zero-order valence-electron chi connectivity index (χ0n) is 19.0. The number of primary amides is 1. The van der Waals surface area contributed by atoms with Gasteiger partial charge in [-0.2, -0.15) is 4.98 Å². The minimum absolute atomic E-state index is 0.0316. The standard InChI is InChI=1S/C25H28N6O3/c1-34-16-22(32)31(19-10-11-19)20-9-5-8-18(14-20)29-25-28-15-21(23(26)33)24(30-25)27-13-12-17-6-3-2-4-7-17/h2-9,14-15,19H,10-13,16H2,1H3,(H2,26,33)(H2,27,28,29,30). The molecule has 2 amide bonds. The van der Waals surface area contributed by atoms with Gasteiger partial charge in [-0.15, -0.1) is 0 Å². The number of anilines is 4. The highest BCUT2D eigenvalue weighted by atomic mass is 16.5. The van der Waals surface area contributed by atoms with Crippen molar-refractivity contribution < 1.29 is 14.3 Å². The van der Waals surface area contributed by atoms with Gasteiger partial charge in [0.25, 0.3) is 11.8 Å². The number of carbonyl (C=O) groups excluding carboxylic acids is 2. The Kier molecular flexibility index (Phi) is 7.34. The van der Waals surface area contributed by atoms with Gasteiger partial charge in [0.05, 0.1) is 5.56 Å². The van der Waals surface area contributed by atoms with Crippen molar-refractivity contribution in [3.63, 3.8) is 0 Å². The lowest BCUT2D eigenvalue weighted by Gasteiger charge is -2.23. The predicted octanol–water partition coefficient (Wildman–Crippen LogP) is 3.12. The molecular weight excluding hydrogens is 432 g/mol. The molecule has 4 N–H and O–H groups in total. The van der Waals surface area contributed by atoms with Crippen LogP contribution in [0.1, 0.15) is 28.8 Å². The van der Waals surface area contributed by atoms with E-state index in [2.05, 4.69) is 20.6 Å². The molecule has 0 atom stereocenters. The molecule has 1 saturated carbocycles. The predicted molar refractivity (Wildman–Crippen MR) is 131 cm³/mol. The maximum atomic E-state index is 12.5. The molecule has 1 aliphatic carbocycles. The summed E-state index contributed by atoms with van der Waals surface area (Å²) in [4.78, 5) is 34.9. The van der Waals surface area contributed by atoms with Crippen molar-refractivity contribution >= 4 is 35.0 Å². The number of nitrogens with one attached hydrogen (secondary N) is 2. The van der Waals surface area contributed by atoms with Crippen molar-refractivity contribution in [3.8, 4) is 0 Å². The van der Waals surface area contributed by atoms with Crippen molar-refractivity contribution in [2.75, 3.05) is 35.8 Å². The summed E-state index contributed by atoms with van der Waals surface area (Å²) in [6, 6.07) is 17.7. The highest BCUT2D eigenvalue weighted by Crippen LogP contribution is 2.33. The van der Waals surface area contributed by atoms with E-state index in [1.54, 1.807) is 4.90 Å². The first-order valence-electron chi connectivity index (χ1n) is 11.2. The lowest BCUT2D eigenvalue weighted by atomic mass is 10.1. The van der Waals surface area contributed by atoms with Crippen LogP contribution in [0, 0.1) is 0 Å². The van der Waals surface area contributed by atoms with Gasteiger partial charge in [0, 0.05) is 37.3 Å². The molecule has 0 bridgehead atoms. The summed E-state index contributed by atoms with van der Waals surface area (Å²) in [5, 5.41) is 6.35. The fourth-order valence-electron chi connectivity index (χ4n) is 3.67. The van der Waals surface area contributed by atoms with Gasteiger partial charge in [0.15, 0.2) is 0 Å². The Hall–Kier alpha value is -3.98. The van der Waals surface area contributed by atoms with E-state index in [9.17, 15) is 9.59 Å². The maximum absolute atomic E-state index is 12.5. The Morgan fingerprint density at radius 1 is 1.15 bits per heavy atom. The Morgan fingerprint density at radius 3 is 2.65 bits per heavy atom. The van der Waals surface area contributed by atoms with Crippen molar-refractivity contribution in [2.24, 2.45) is 5.73 Å². The van der Waals surface area contributed by atoms with Crippen LogP contribution in [-0.2, 0) is 16.0 Å². The Morgan fingerprint density at radius 2 is 1.94 bits per heavy atom. The van der Waals surface area contributed by atoms with Crippen LogP contribution in [0.5, 0.6) is 0 Å². The Balaban J connectivity index is 1.50. The van der Waals surface area contributed by atoms with E-state index in [1.807, 2.05) is 54.6 Å². The van der Waals surface area contributed by atoms with E-state index < -0.39 is 5.91 Å². The van der Waals surface area contributed by atoms with Crippen molar-refractivity contribution in [1.29, 1.82) is 0 Å². The average Bonchev–Trinajstić information content (AvgIpc) is 3.65. The first-order chi connectivity index (χ1) is 16.5. The molecule has 3 aromatic rings. The molecule has 0 spiro atoms. The van der Waals surface area contributed by atoms with Crippen LogP contribution in [-0.4, -0.2) is 48.1 Å². The number of aromatic nitrogens is 2. The number of hydrogen-bond acceptors (Lipinski definition) is 7. The molecule has 0 radical (unpaired) electrons. The van der Waals surface area contributed by atoms with Crippen molar-refractivity contribution in [2.45, 2.75) is 25.3 Å². The Labute approximate surface area is 198 Å². The molecule has 1 fully saturated rings. The first-order valence-corrected chi connectivity index (χ1v) is 11.2. The van der Waals surface area contributed by atoms with Crippen LogP contribution >= 0.6 is 0 Å².